The molecule has 4 atom stereocenters. The molecular formula is C10H13FN2O3S. The van der Waals surface area contributed by atoms with Crippen LogP contribution >= 0.6 is 12.2 Å². The molecule has 0 aromatic rings. The van der Waals surface area contributed by atoms with Gasteiger partial charge in [-0.15, -0.1) is 0 Å². The van der Waals surface area contributed by atoms with Crippen LogP contribution in [0.25, 0.3) is 0 Å². The highest BCUT2D eigenvalue weighted by molar-refractivity contribution is 7.80. The Labute approximate surface area is 103 Å². The van der Waals surface area contributed by atoms with Crippen LogP contribution in [0.1, 0.15) is 6.92 Å². The second kappa shape index (κ2) is 3.61. The number of thiocarbonyl (C=S) groups is 1. The van der Waals surface area contributed by atoms with Gasteiger partial charge in [-0.2, -0.15) is 0 Å². The number of nitrogens with zero attached hydrogens (tertiary/aromatic N) is 1. The average molecular weight is 260 g/mol. The van der Waals surface area contributed by atoms with Crippen molar-refractivity contribution < 1.29 is 19.0 Å². The predicted octanol–water partition coefficient (Wildman–Crippen LogP) is 0.0672. The molecule has 7 heteroatoms. The molecule has 2 N–H and O–H groups in total. The lowest BCUT2D eigenvalue weighted by atomic mass is 10.1. The minimum absolute atomic E-state index is 0.0176. The zero-order valence-electron chi connectivity index (χ0n) is 9.22. The van der Waals surface area contributed by atoms with Crippen molar-refractivity contribution in [3.63, 3.8) is 0 Å². The number of halogens is 1. The summed E-state index contributed by atoms with van der Waals surface area (Å²) in [5, 5.41) is 12.4. The molecule has 3 rings (SSSR count). The van der Waals surface area contributed by atoms with Crippen molar-refractivity contribution >= 4 is 17.3 Å². The Hall–Kier alpha value is -0.760. The second-order valence-electron chi connectivity index (χ2n) is 4.52. The van der Waals surface area contributed by atoms with Crippen molar-refractivity contribution in [3.8, 4) is 0 Å². The lowest BCUT2D eigenvalue weighted by Gasteiger charge is -2.34. The Balaban J connectivity index is 1.82. The van der Waals surface area contributed by atoms with Gasteiger partial charge in [0.05, 0.1) is 6.54 Å². The molecule has 0 bridgehead atoms. The van der Waals surface area contributed by atoms with E-state index >= 15 is 0 Å². The van der Waals surface area contributed by atoms with E-state index in [0.29, 0.717) is 5.11 Å². The standard InChI is InChI=1S/C10H13FN2O3S/c1-5-7-10(4-14,15-7)16-8(5)13-3-6(11)2-12-9(13)17/h3,5,7-8,14H,2,4H2,1H3,(H,12,17)/t5?,7-,8-,10?/m1/s1. The topological polar surface area (TPSA) is 57.3 Å². The largest absolute Gasteiger partial charge is 0.391 e. The molecule has 2 fully saturated rings. The maximum Gasteiger partial charge on any atom is 0.221 e. The van der Waals surface area contributed by atoms with Gasteiger partial charge < -0.3 is 19.9 Å². The molecule has 0 aliphatic carbocycles. The maximum absolute atomic E-state index is 13.2. The Kier molecular flexibility index (Phi) is 2.41. The minimum atomic E-state index is -0.901. The van der Waals surface area contributed by atoms with Gasteiger partial charge in [-0.25, -0.2) is 4.39 Å². The third kappa shape index (κ3) is 1.57. The van der Waals surface area contributed by atoms with Gasteiger partial charge in [0.25, 0.3) is 0 Å². The zero-order valence-corrected chi connectivity index (χ0v) is 10.0. The van der Waals surface area contributed by atoms with Crippen LogP contribution in [0.2, 0.25) is 0 Å². The Morgan fingerprint density at radius 3 is 3.12 bits per heavy atom. The molecule has 0 saturated carbocycles. The van der Waals surface area contributed by atoms with Gasteiger partial charge >= 0.3 is 0 Å². The fourth-order valence-electron chi connectivity index (χ4n) is 2.42. The van der Waals surface area contributed by atoms with E-state index < -0.39 is 12.0 Å². The Morgan fingerprint density at radius 2 is 2.47 bits per heavy atom. The average Bonchev–Trinajstić information content (AvgIpc) is 2.98. The van der Waals surface area contributed by atoms with Crippen LogP contribution < -0.4 is 5.32 Å². The van der Waals surface area contributed by atoms with E-state index in [0.717, 1.165) is 0 Å². The first-order valence-electron chi connectivity index (χ1n) is 5.46. The van der Waals surface area contributed by atoms with Crippen molar-refractivity contribution in [2.45, 2.75) is 25.0 Å². The van der Waals surface area contributed by atoms with Crippen LogP contribution in [-0.4, -0.2) is 46.4 Å². The first kappa shape index (κ1) is 11.3. The molecule has 17 heavy (non-hydrogen) atoms. The monoisotopic (exact) mass is 260 g/mol. The molecule has 5 nitrogen and oxygen atoms in total. The highest BCUT2D eigenvalue weighted by atomic mass is 32.1. The predicted molar refractivity (Wildman–Crippen MR) is 60.4 cm³/mol. The van der Waals surface area contributed by atoms with E-state index in [1.54, 1.807) is 4.90 Å². The van der Waals surface area contributed by atoms with Gasteiger partial charge in [-0.05, 0) is 12.2 Å². The number of epoxide rings is 1. The highest BCUT2D eigenvalue weighted by Gasteiger charge is 2.69. The normalized spacial score (nSPS) is 44.2. The van der Waals surface area contributed by atoms with E-state index in [1.807, 2.05) is 6.92 Å². The Bertz CT molecular complexity index is 405. The van der Waals surface area contributed by atoms with Crippen LogP contribution in [0.5, 0.6) is 0 Å². The summed E-state index contributed by atoms with van der Waals surface area (Å²) in [7, 11) is 0. The van der Waals surface area contributed by atoms with Crippen molar-refractivity contribution in [2.24, 2.45) is 5.92 Å². The molecule has 94 valence electrons. The van der Waals surface area contributed by atoms with Gasteiger partial charge in [-0.1, -0.05) is 6.92 Å². The summed E-state index contributed by atoms with van der Waals surface area (Å²) in [6.45, 7) is 1.85. The summed E-state index contributed by atoms with van der Waals surface area (Å²) in [5.74, 6) is -1.18. The lowest BCUT2D eigenvalue weighted by molar-refractivity contribution is -0.149. The fourth-order valence-corrected chi connectivity index (χ4v) is 2.64. The summed E-state index contributed by atoms with van der Waals surface area (Å²) in [6.07, 6.45) is 0.807. The number of aliphatic hydroxyl groups is 1. The van der Waals surface area contributed by atoms with Gasteiger partial charge in [0.15, 0.2) is 5.11 Å². The molecule has 3 aliphatic heterocycles. The molecule has 0 amide bonds. The fraction of sp³-hybridized carbons (Fsp3) is 0.700. The number of rotatable bonds is 2. The van der Waals surface area contributed by atoms with E-state index in [-0.39, 0.29) is 31.0 Å². The van der Waals surface area contributed by atoms with Gasteiger partial charge in [-0.3, -0.25) is 4.90 Å². The van der Waals surface area contributed by atoms with E-state index in [9.17, 15) is 9.50 Å². The summed E-state index contributed by atoms with van der Waals surface area (Å²) in [4.78, 5) is 1.55. The van der Waals surface area contributed by atoms with Gasteiger partial charge in [0.2, 0.25) is 5.79 Å². The number of aliphatic hydroxyl groups excluding tert-OH is 1. The molecule has 2 saturated heterocycles. The van der Waals surface area contributed by atoms with Crippen molar-refractivity contribution in [1.82, 2.24) is 10.2 Å². The molecular weight excluding hydrogens is 247 g/mol. The van der Waals surface area contributed by atoms with E-state index in [2.05, 4.69) is 5.32 Å². The first-order chi connectivity index (χ1) is 8.07. The number of nitrogens with one attached hydrogen (secondary N) is 1. The summed E-state index contributed by atoms with van der Waals surface area (Å²) in [5.41, 5.74) is 0. The smallest absolute Gasteiger partial charge is 0.221 e. The molecule has 3 aliphatic rings. The second-order valence-corrected chi connectivity index (χ2v) is 4.90. The van der Waals surface area contributed by atoms with Crippen LogP contribution in [0.4, 0.5) is 4.39 Å². The van der Waals surface area contributed by atoms with Gasteiger partial charge in [0.1, 0.15) is 24.8 Å². The van der Waals surface area contributed by atoms with Gasteiger partial charge in [0, 0.05) is 12.1 Å². The van der Waals surface area contributed by atoms with Crippen LogP contribution in [0, 0.1) is 5.92 Å². The quantitative estimate of drug-likeness (QED) is 0.541. The molecule has 0 radical (unpaired) electrons. The molecule has 3 heterocycles. The van der Waals surface area contributed by atoms with Crippen molar-refractivity contribution in [1.29, 1.82) is 0 Å². The summed E-state index contributed by atoms with van der Waals surface area (Å²) < 4.78 is 24.2. The number of ether oxygens (including phenoxy) is 2. The highest BCUT2D eigenvalue weighted by Crippen LogP contribution is 2.52. The van der Waals surface area contributed by atoms with Crippen LogP contribution in [0.3, 0.4) is 0 Å². The molecule has 0 spiro atoms. The summed E-state index contributed by atoms with van der Waals surface area (Å²) in [6, 6.07) is 0. The van der Waals surface area contributed by atoms with Crippen LogP contribution in [-0.2, 0) is 9.47 Å². The van der Waals surface area contributed by atoms with E-state index in [1.165, 1.54) is 6.20 Å². The SMILES string of the molecule is CC1[C@H](N2C=C(F)CNC2=S)OC2(CO)O[C@H]12. The van der Waals surface area contributed by atoms with Crippen LogP contribution in [0.15, 0.2) is 12.0 Å². The number of hydrogen-bond acceptors (Lipinski definition) is 4. The minimum Gasteiger partial charge on any atom is -0.391 e. The third-order valence-electron chi connectivity index (χ3n) is 3.37. The zero-order chi connectivity index (χ0) is 12.2. The van der Waals surface area contributed by atoms with Crippen molar-refractivity contribution in [2.75, 3.05) is 13.2 Å². The number of hydrogen-bond donors (Lipinski definition) is 2. The molecule has 0 aromatic heterocycles. The molecule has 2 unspecified atom stereocenters. The molecule has 0 aromatic carbocycles. The third-order valence-corrected chi connectivity index (χ3v) is 3.72. The van der Waals surface area contributed by atoms with Crippen molar-refractivity contribution in [3.05, 3.63) is 12.0 Å². The number of fused-ring (bicyclic) bond motifs is 1. The maximum atomic E-state index is 13.2. The summed E-state index contributed by atoms with van der Waals surface area (Å²) >= 11 is 5.12. The Morgan fingerprint density at radius 1 is 1.71 bits per heavy atom. The van der Waals surface area contributed by atoms with E-state index in [4.69, 9.17) is 21.7 Å². The lowest BCUT2D eigenvalue weighted by Crippen LogP contribution is -2.49. The first-order valence-corrected chi connectivity index (χ1v) is 5.87.